The van der Waals surface area contributed by atoms with Gasteiger partial charge < -0.3 is 5.32 Å². The summed E-state index contributed by atoms with van der Waals surface area (Å²) in [5.74, 6) is -0.196. The fourth-order valence-electron chi connectivity index (χ4n) is 3.31. The number of benzene rings is 2. The lowest BCUT2D eigenvalue weighted by atomic mass is 10.1. The first-order chi connectivity index (χ1) is 12.1. The molecule has 0 saturated carbocycles. The van der Waals surface area contributed by atoms with Crippen LogP contribution < -0.4 is 5.32 Å². The molecule has 1 N–H and O–H groups in total. The molecule has 3 aromatic rings. The molecule has 1 aromatic heterocycles. The van der Waals surface area contributed by atoms with E-state index in [9.17, 15) is 4.79 Å². The molecule has 0 fully saturated rings. The van der Waals surface area contributed by atoms with Gasteiger partial charge in [0.15, 0.2) is 0 Å². The molecule has 4 rings (SSSR count). The van der Waals surface area contributed by atoms with Gasteiger partial charge in [0.2, 0.25) is 0 Å². The predicted octanol–water partition coefficient (Wildman–Crippen LogP) is 4.58. The zero-order chi connectivity index (χ0) is 17.4. The number of rotatable bonds is 3. The van der Waals surface area contributed by atoms with Gasteiger partial charge in [-0.3, -0.25) is 4.79 Å². The van der Waals surface area contributed by atoms with E-state index in [2.05, 4.69) is 22.5 Å². The highest BCUT2D eigenvalue weighted by Gasteiger charge is 2.18. The van der Waals surface area contributed by atoms with Gasteiger partial charge in [0.1, 0.15) is 5.69 Å². The lowest BCUT2D eigenvalue weighted by Gasteiger charge is -2.10. The second-order valence-corrected chi connectivity index (χ2v) is 6.73. The highest BCUT2D eigenvalue weighted by Crippen LogP contribution is 2.26. The summed E-state index contributed by atoms with van der Waals surface area (Å²) in [6, 6.07) is 15.3. The van der Waals surface area contributed by atoms with E-state index in [-0.39, 0.29) is 5.91 Å². The number of nitrogens with one attached hydrogen (secondary N) is 1. The minimum Gasteiger partial charge on any atom is -0.321 e. The van der Waals surface area contributed by atoms with Crippen LogP contribution >= 0.6 is 11.6 Å². The van der Waals surface area contributed by atoms with E-state index >= 15 is 0 Å². The number of anilines is 1. The molecule has 1 aliphatic carbocycles. The van der Waals surface area contributed by atoms with Crippen molar-refractivity contribution < 1.29 is 4.79 Å². The van der Waals surface area contributed by atoms with Gasteiger partial charge in [-0.15, -0.1) is 0 Å². The molecule has 1 heterocycles. The number of nitrogens with zero attached hydrogens (tertiary/aromatic N) is 2. The summed E-state index contributed by atoms with van der Waals surface area (Å²) in [6.07, 6.45) is 3.39. The smallest absolute Gasteiger partial charge is 0.274 e. The number of fused-ring (bicyclic) bond motifs is 1. The van der Waals surface area contributed by atoms with Gasteiger partial charge in [-0.2, -0.15) is 5.10 Å². The Morgan fingerprint density at radius 2 is 1.92 bits per heavy atom. The summed E-state index contributed by atoms with van der Waals surface area (Å²) in [5, 5.41) is 7.97. The molecule has 2 aromatic carbocycles. The average molecular weight is 352 g/mol. The maximum absolute atomic E-state index is 12.8. The molecule has 5 heteroatoms. The first-order valence-corrected chi connectivity index (χ1v) is 8.74. The number of aryl methyl sites for hydroxylation is 3. The Morgan fingerprint density at radius 3 is 2.76 bits per heavy atom. The van der Waals surface area contributed by atoms with Crippen LogP contribution in [0.2, 0.25) is 5.02 Å². The molecule has 1 amide bonds. The van der Waals surface area contributed by atoms with E-state index in [1.54, 1.807) is 16.8 Å². The molecule has 0 aliphatic heterocycles. The van der Waals surface area contributed by atoms with Crippen LogP contribution in [0.25, 0.3) is 5.69 Å². The van der Waals surface area contributed by atoms with Crippen molar-refractivity contribution in [3.05, 3.63) is 76.1 Å². The van der Waals surface area contributed by atoms with Crippen LogP contribution in [0.5, 0.6) is 0 Å². The molecule has 4 nitrogen and oxygen atoms in total. The van der Waals surface area contributed by atoms with Crippen molar-refractivity contribution >= 4 is 23.2 Å². The molecule has 0 bridgehead atoms. The summed E-state index contributed by atoms with van der Waals surface area (Å²) in [6.45, 7) is 1.86. The first kappa shape index (κ1) is 15.9. The van der Waals surface area contributed by atoms with E-state index in [1.807, 2.05) is 31.2 Å². The van der Waals surface area contributed by atoms with Crippen molar-refractivity contribution in [3.8, 4) is 5.69 Å². The van der Waals surface area contributed by atoms with Crippen molar-refractivity contribution in [2.24, 2.45) is 0 Å². The van der Waals surface area contributed by atoms with Crippen LogP contribution in [0, 0.1) is 6.92 Å². The SMILES string of the molecule is Cc1cc(C(=O)Nc2ccc3c(c2)CCC3)n(-c2ccccc2Cl)n1. The number of amides is 1. The normalized spacial score (nSPS) is 12.9. The topological polar surface area (TPSA) is 46.9 Å². The maximum atomic E-state index is 12.8. The largest absolute Gasteiger partial charge is 0.321 e. The van der Waals surface area contributed by atoms with E-state index in [0.29, 0.717) is 16.4 Å². The standard InChI is InChI=1S/C20H18ClN3O/c1-13-11-19(24(23-13)18-8-3-2-7-17(18)21)20(25)22-16-10-9-14-5-4-6-15(14)12-16/h2-3,7-12H,4-6H2,1H3,(H,22,25). The van der Waals surface area contributed by atoms with E-state index < -0.39 is 0 Å². The van der Waals surface area contributed by atoms with Gasteiger partial charge in [-0.1, -0.05) is 29.8 Å². The number of hydrogen-bond donors (Lipinski definition) is 1. The number of halogens is 1. The maximum Gasteiger partial charge on any atom is 0.274 e. The summed E-state index contributed by atoms with van der Waals surface area (Å²) >= 11 is 6.28. The van der Waals surface area contributed by atoms with Crippen molar-refractivity contribution in [1.82, 2.24) is 9.78 Å². The van der Waals surface area contributed by atoms with E-state index in [0.717, 1.165) is 24.2 Å². The van der Waals surface area contributed by atoms with E-state index in [4.69, 9.17) is 11.6 Å². The number of carbonyl (C=O) groups is 1. The zero-order valence-corrected chi connectivity index (χ0v) is 14.7. The molecule has 1 aliphatic rings. The predicted molar refractivity (Wildman–Crippen MR) is 99.7 cm³/mol. The summed E-state index contributed by atoms with van der Waals surface area (Å²) < 4.78 is 1.60. The molecule has 0 unspecified atom stereocenters. The second-order valence-electron chi connectivity index (χ2n) is 6.33. The van der Waals surface area contributed by atoms with Crippen LogP contribution in [0.1, 0.15) is 33.7 Å². The van der Waals surface area contributed by atoms with Crippen LogP contribution in [0.4, 0.5) is 5.69 Å². The fourth-order valence-corrected chi connectivity index (χ4v) is 3.53. The number of aromatic nitrogens is 2. The van der Waals surface area contributed by atoms with Crippen molar-refractivity contribution in [2.45, 2.75) is 26.2 Å². The molecular formula is C20H18ClN3O. The first-order valence-electron chi connectivity index (χ1n) is 8.36. The van der Waals surface area contributed by atoms with Gasteiger partial charge in [-0.05, 0) is 67.6 Å². The Hall–Kier alpha value is -2.59. The summed E-state index contributed by atoms with van der Waals surface area (Å²) in [4.78, 5) is 12.8. The van der Waals surface area contributed by atoms with Crippen LogP contribution in [-0.2, 0) is 12.8 Å². The zero-order valence-electron chi connectivity index (χ0n) is 13.9. The van der Waals surface area contributed by atoms with Crippen molar-refractivity contribution in [2.75, 3.05) is 5.32 Å². The molecular weight excluding hydrogens is 334 g/mol. The Labute approximate surface area is 151 Å². The van der Waals surface area contributed by atoms with Gasteiger partial charge in [0.05, 0.1) is 16.4 Å². The number of para-hydroxylation sites is 1. The fraction of sp³-hybridized carbons (Fsp3) is 0.200. The Balaban J connectivity index is 1.66. The molecule has 0 radical (unpaired) electrons. The van der Waals surface area contributed by atoms with E-state index in [1.165, 1.54) is 17.5 Å². The molecule has 25 heavy (non-hydrogen) atoms. The number of carbonyl (C=O) groups excluding carboxylic acids is 1. The van der Waals surface area contributed by atoms with Gasteiger partial charge in [0, 0.05) is 5.69 Å². The Morgan fingerprint density at radius 1 is 1.12 bits per heavy atom. The third-order valence-electron chi connectivity index (χ3n) is 4.50. The number of hydrogen-bond acceptors (Lipinski definition) is 2. The Kier molecular flexibility index (Phi) is 4.06. The highest BCUT2D eigenvalue weighted by atomic mass is 35.5. The lowest BCUT2D eigenvalue weighted by Crippen LogP contribution is -2.17. The third kappa shape index (κ3) is 3.05. The summed E-state index contributed by atoms with van der Waals surface area (Å²) in [5.41, 5.74) is 5.44. The van der Waals surface area contributed by atoms with Crippen LogP contribution in [0.15, 0.2) is 48.5 Å². The summed E-state index contributed by atoms with van der Waals surface area (Å²) in [7, 11) is 0. The molecule has 0 atom stereocenters. The quantitative estimate of drug-likeness (QED) is 0.751. The van der Waals surface area contributed by atoms with Crippen LogP contribution in [0.3, 0.4) is 0 Å². The average Bonchev–Trinajstić information content (AvgIpc) is 3.21. The van der Waals surface area contributed by atoms with Crippen molar-refractivity contribution in [3.63, 3.8) is 0 Å². The van der Waals surface area contributed by atoms with Gasteiger partial charge in [-0.25, -0.2) is 4.68 Å². The monoisotopic (exact) mass is 351 g/mol. The molecule has 0 saturated heterocycles. The van der Waals surface area contributed by atoms with Gasteiger partial charge in [0.25, 0.3) is 5.91 Å². The molecule has 0 spiro atoms. The minimum atomic E-state index is -0.196. The third-order valence-corrected chi connectivity index (χ3v) is 4.82. The molecule has 126 valence electrons. The Bertz CT molecular complexity index is 961. The second kappa shape index (κ2) is 6.37. The van der Waals surface area contributed by atoms with Crippen LogP contribution in [-0.4, -0.2) is 15.7 Å². The van der Waals surface area contributed by atoms with Gasteiger partial charge >= 0.3 is 0 Å². The van der Waals surface area contributed by atoms with Crippen molar-refractivity contribution in [1.29, 1.82) is 0 Å². The lowest BCUT2D eigenvalue weighted by molar-refractivity contribution is 0.101. The highest BCUT2D eigenvalue weighted by molar-refractivity contribution is 6.32. The minimum absolute atomic E-state index is 0.196.